The first kappa shape index (κ1) is 12.9. The van der Waals surface area contributed by atoms with Crippen molar-refractivity contribution in [2.45, 2.75) is 39.7 Å². The number of piperidine rings is 1. The van der Waals surface area contributed by atoms with Gasteiger partial charge in [-0.15, -0.1) is 0 Å². The van der Waals surface area contributed by atoms with Crippen molar-refractivity contribution >= 4 is 11.7 Å². The van der Waals surface area contributed by atoms with Crippen molar-refractivity contribution in [1.29, 1.82) is 0 Å². The van der Waals surface area contributed by atoms with Crippen LogP contribution in [0.4, 0.5) is 5.69 Å². The number of aryl methyl sites for hydroxylation is 1. The summed E-state index contributed by atoms with van der Waals surface area (Å²) in [7, 11) is 0. The van der Waals surface area contributed by atoms with Crippen LogP contribution in [0.15, 0.2) is 18.2 Å². The van der Waals surface area contributed by atoms with Gasteiger partial charge < -0.3 is 10.0 Å². The number of nitrogens with zero attached hydrogens (tertiary/aromatic N) is 1. The second-order valence-corrected chi connectivity index (χ2v) is 5.49. The third-order valence-corrected chi connectivity index (χ3v) is 3.87. The smallest absolute Gasteiger partial charge is 0.335 e. The van der Waals surface area contributed by atoms with E-state index in [-0.39, 0.29) is 0 Å². The van der Waals surface area contributed by atoms with Crippen LogP contribution in [0.2, 0.25) is 0 Å². The Kier molecular flexibility index (Phi) is 3.60. The van der Waals surface area contributed by atoms with Crippen LogP contribution < -0.4 is 4.90 Å². The van der Waals surface area contributed by atoms with Crippen LogP contribution in [0.1, 0.15) is 42.6 Å². The average Bonchev–Trinajstić information content (AvgIpc) is 2.32. The van der Waals surface area contributed by atoms with E-state index in [4.69, 9.17) is 5.11 Å². The van der Waals surface area contributed by atoms with Gasteiger partial charge in [-0.1, -0.05) is 6.92 Å². The molecule has 0 saturated carbocycles. The van der Waals surface area contributed by atoms with Crippen molar-refractivity contribution < 1.29 is 9.90 Å². The monoisotopic (exact) mass is 247 g/mol. The molecular formula is C15H21NO2. The molecule has 1 aliphatic heterocycles. The summed E-state index contributed by atoms with van der Waals surface area (Å²) in [6.07, 6.45) is 2.49. The van der Waals surface area contributed by atoms with Gasteiger partial charge in [0.25, 0.3) is 0 Å². The summed E-state index contributed by atoms with van der Waals surface area (Å²) in [5, 5.41) is 8.99. The lowest BCUT2D eigenvalue weighted by Crippen LogP contribution is -2.41. The summed E-state index contributed by atoms with van der Waals surface area (Å²) < 4.78 is 0. The fourth-order valence-corrected chi connectivity index (χ4v) is 2.74. The van der Waals surface area contributed by atoms with Crippen LogP contribution in [0.25, 0.3) is 0 Å². The van der Waals surface area contributed by atoms with Crippen LogP contribution in [-0.2, 0) is 0 Å². The molecule has 0 radical (unpaired) electrons. The van der Waals surface area contributed by atoms with E-state index in [1.165, 1.54) is 18.5 Å². The Labute approximate surface area is 108 Å². The maximum absolute atomic E-state index is 10.9. The van der Waals surface area contributed by atoms with Crippen molar-refractivity contribution in [2.75, 3.05) is 11.4 Å². The van der Waals surface area contributed by atoms with Crippen molar-refractivity contribution in [2.24, 2.45) is 5.92 Å². The Balaban J connectivity index is 2.30. The Morgan fingerprint density at radius 1 is 1.33 bits per heavy atom. The van der Waals surface area contributed by atoms with Crippen LogP contribution in [0.3, 0.4) is 0 Å². The molecule has 3 heteroatoms. The highest BCUT2D eigenvalue weighted by Gasteiger charge is 2.24. The molecule has 18 heavy (non-hydrogen) atoms. The molecule has 1 saturated heterocycles. The average molecular weight is 247 g/mol. The fourth-order valence-electron chi connectivity index (χ4n) is 2.74. The van der Waals surface area contributed by atoms with Crippen molar-refractivity contribution in [3.8, 4) is 0 Å². The number of carboxylic acids is 1. The molecule has 0 bridgehead atoms. The summed E-state index contributed by atoms with van der Waals surface area (Å²) in [6.45, 7) is 7.58. The van der Waals surface area contributed by atoms with Crippen molar-refractivity contribution in [1.82, 2.24) is 0 Å². The largest absolute Gasteiger partial charge is 0.478 e. The van der Waals surface area contributed by atoms with Crippen molar-refractivity contribution in [3.05, 3.63) is 29.3 Å². The van der Waals surface area contributed by atoms with Gasteiger partial charge >= 0.3 is 5.97 Å². The second-order valence-electron chi connectivity index (χ2n) is 5.49. The predicted octanol–water partition coefficient (Wildman–Crippen LogP) is 3.32. The normalized spacial score (nSPS) is 24.1. The number of carbonyl (C=O) groups is 1. The minimum Gasteiger partial charge on any atom is -0.478 e. The molecule has 0 amide bonds. The molecular weight excluding hydrogens is 226 g/mol. The molecule has 1 aromatic rings. The van der Waals surface area contributed by atoms with Gasteiger partial charge in [0, 0.05) is 18.3 Å². The molecule has 0 aromatic heterocycles. The number of aromatic carboxylic acids is 1. The molecule has 1 heterocycles. The van der Waals surface area contributed by atoms with E-state index in [9.17, 15) is 4.79 Å². The van der Waals surface area contributed by atoms with E-state index in [2.05, 4.69) is 18.7 Å². The first-order valence-electron chi connectivity index (χ1n) is 6.59. The zero-order chi connectivity index (χ0) is 13.3. The van der Waals surface area contributed by atoms with Gasteiger partial charge in [-0.25, -0.2) is 4.79 Å². The Bertz CT molecular complexity index is 456. The van der Waals surface area contributed by atoms with E-state index in [0.29, 0.717) is 17.5 Å². The second kappa shape index (κ2) is 5.01. The Morgan fingerprint density at radius 2 is 2.06 bits per heavy atom. The van der Waals surface area contributed by atoms with Gasteiger partial charge in [0.15, 0.2) is 0 Å². The summed E-state index contributed by atoms with van der Waals surface area (Å²) in [4.78, 5) is 13.4. The maximum atomic E-state index is 10.9. The highest BCUT2D eigenvalue weighted by molar-refractivity contribution is 5.88. The number of hydrogen-bond donors (Lipinski definition) is 1. The third-order valence-electron chi connectivity index (χ3n) is 3.87. The Morgan fingerprint density at radius 3 is 2.67 bits per heavy atom. The molecule has 3 nitrogen and oxygen atoms in total. The number of anilines is 1. The molecule has 98 valence electrons. The van der Waals surface area contributed by atoms with Gasteiger partial charge in [-0.05, 0) is 56.4 Å². The topological polar surface area (TPSA) is 40.5 Å². The van der Waals surface area contributed by atoms with E-state index in [0.717, 1.165) is 12.1 Å². The highest BCUT2D eigenvalue weighted by Crippen LogP contribution is 2.30. The number of hydrogen-bond acceptors (Lipinski definition) is 2. The molecule has 2 atom stereocenters. The highest BCUT2D eigenvalue weighted by atomic mass is 16.4. The lowest BCUT2D eigenvalue weighted by atomic mass is 9.93. The molecule has 1 N–H and O–H groups in total. The van der Waals surface area contributed by atoms with Crippen molar-refractivity contribution in [3.63, 3.8) is 0 Å². The molecule has 1 aliphatic rings. The maximum Gasteiger partial charge on any atom is 0.335 e. The van der Waals surface area contributed by atoms with Crippen LogP contribution in [0.5, 0.6) is 0 Å². The van der Waals surface area contributed by atoms with Gasteiger partial charge in [-0.2, -0.15) is 0 Å². The fraction of sp³-hybridized carbons (Fsp3) is 0.533. The zero-order valence-corrected chi connectivity index (χ0v) is 11.3. The van der Waals surface area contributed by atoms with E-state index < -0.39 is 5.97 Å². The minimum absolute atomic E-state index is 0.369. The van der Waals surface area contributed by atoms with Gasteiger partial charge in [0.1, 0.15) is 0 Å². The summed E-state index contributed by atoms with van der Waals surface area (Å²) in [6, 6.07) is 5.96. The van der Waals surface area contributed by atoms with E-state index in [1.54, 1.807) is 12.1 Å². The number of benzene rings is 1. The first-order chi connectivity index (χ1) is 8.49. The van der Waals surface area contributed by atoms with Crippen LogP contribution >= 0.6 is 0 Å². The first-order valence-corrected chi connectivity index (χ1v) is 6.59. The third kappa shape index (κ3) is 2.50. The summed E-state index contributed by atoms with van der Waals surface area (Å²) >= 11 is 0. The summed E-state index contributed by atoms with van der Waals surface area (Å²) in [5.74, 6) is -0.149. The SMILES string of the molecule is Cc1cc(C(=O)O)ccc1N1CC(C)CCC1C. The quantitative estimate of drug-likeness (QED) is 0.871. The molecule has 1 fully saturated rings. The van der Waals surface area contributed by atoms with Crippen LogP contribution in [-0.4, -0.2) is 23.7 Å². The minimum atomic E-state index is -0.857. The molecule has 2 unspecified atom stereocenters. The molecule has 1 aromatic carbocycles. The molecule has 2 rings (SSSR count). The van der Waals surface area contributed by atoms with Gasteiger partial charge in [0.2, 0.25) is 0 Å². The van der Waals surface area contributed by atoms with Gasteiger partial charge in [0.05, 0.1) is 5.56 Å². The lowest BCUT2D eigenvalue weighted by Gasteiger charge is -2.39. The number of carboxylic acid groups (broad SMARTS) is 1. The zero-order valence-electron chi connectivity index (χ0n) is 11.3. The molecule has 0 spiro atoms. The van der Waals surface area contributed by atoms with E-state index >= 15 is 0 Å². The van der Waals surface area contributed by atoms with Crippen LogP contribution in [0, 0.1) is 12.8 Å². The van der Waals surface area contributed by atoms with E-state index in [1.807, 2.05) is 13.0 Å². The standard InChI is InChI=1S/C15H21NO2/c1-10-4-5-12(3)16(9-10)14-7-6-13(15(17)18)8-11(14)2/h6-8,10,12H,4-5,9H2,1-3H3,(H,17,18). The molecule has 0 aliphatic carbocycles. The number of rotatable bonds is 2. The predicted molar refractivity (Wildman–Crippen MR) is 73.3 cm³/mol. The lowest BCUT2D eigenvalue weighted by molar-refractivity contribution is 0.0697. The summed E-state index contributed by atoms with van der Waals surface area (Å²) in [5.41, 5.74) is 2.60. The Hall–Kier alpha value is -1.51. The van der Waals surface area contributed by atoms with Gasteiger partial charge in [-0.3, -0.25) is 0 Å².